The number of nitrogens with zero attached hydrogens (tertiary/aromatic N) is 1. The highest BCUT2D eigenvalue weighted by Gasteiger charge is 2.16. The van der Waals surface area contributed by atoms with Gasteiger partial charge >= 0.3 is 0 Å². The molecule has 2 rings (SSSR count). The second-order valence-corrected chi connectivity index (χ2v) is 6.37. The smallest absolute Gasteiger partial charge is 0.262 e. The Hall–Kier alpha value is -2.38. The van der Waals surface area contributed by atoms with Gasteiger partial charge in [0, 0.05) is 4.47 Å². The zero-order chi connectivity index (χ0) is 17.4. The fourth-order valence-corrected chi connectivity index (χ4v) is 2.86. The zero-order valence-electron chi connectivity index (χ0n) is 13.5. The lowest BCUT2D eigenvalue weighted by atomic mass is 10.0. The second-order valence-electron chi connectivity index (χ2n) is 5.45. The van der Waals surface area contributed by atoms with E-state index in [0.29, 0.717) is 0 Å². The molecule has 0 saturated carbocycles. The van der Waals surface area contributed by atoms with Crippen LogP contribution < -0.4 is 5.32 Å². The standard InChI is InChI=1S/C20H19BrN2O/c1-2-7-19(16-9-4-3-5-10-16)23-20(24)17(14-22)12-15-8-6-11-18(21)13-15/h3-6,8-13,19H,2,7H2,1H3,(H,23,24)/b17-12+/t19-/m0/s1. The van der Waals surface area contributed by atoms with Crippen LogP contribution in [0.4, 0.5) is 0 Å². The monoisotopic (exact) mass is 382 g/mol. The molecule has 0 aliphatic heterocycles. The van der Waals surface area contributed by atoms with Crippen LogP contribution in [-0.2, 0) is 4.79 Å². The molecule has 0 spiro atoms. The van der Waals surface area contributed by atoms with Crippen LogP contribution in [0.3, 0.4) is 0 Å². The molecular formula is C20H19BrN2O. The summed E-state index contributed by atoms with van der Waals surface area (Å²) in [6, 6.07) is 19.2. The number of nitrogens with one attached hydrogen (secondary N) is 1. The van der Waals surface area contributed by atoms with E-state index in [9.17, 15) is 10.1 Å². The number of carbonyl (C=O) groups excluding carboxylic acids is 1. The lowest BCUT2D eigenvalue weighted by molar-refractivity contribution is -0.117. The summed E-state index contributed by atoms with van der Waals surface area (Å²) in [5.74, 6) is -0.347. The van der Waals surface area contributed by atoms with E-state index in [2.05, 4.69) is 28.2 Å². The van der Waals surface area contributed by atoms with Crippen molar-refractivity contribution in [1.82, 2.24) is 5.32 Å². The molecule has 3 nitrogen and oxygen atoms in total. The maximum atomic E-state index is 12.5. The second kappa shape index (κ2) is 9.05. The number of hydrogen-bond acceptors (Lipinski definition) is 2. The molecule has 122 valence electrons. The van der Waals surface area contributed by atoms with Gasteiger partial charge in [-0.15, -0.1) is 0 Å². The normalized spacial score (nSPS) is 12.3. The van der Waals surface area contributed by atoms with E-state index >= 15 is 0 Å². The number of rotatable bonds is 6. The summed E-state index contributed by atoms with van der Waals surface area (Å²) < 4.78 is 0.905. The van der Waals surface area contributed by atoms with Crippen molar-refractivity contribution in [3.8, 4) is 6.07 Å². The van der Waals surface area contributed by atoms with Crippen molar-refractivity contribution in [2.45, 2.75) is 25.8 Å². The molecule has 0 radical (unpaired) electrons. The van der Waals surface area contributed by atoms with Crippen molar-refractivity contribution in [2.75, 3.05) is 0 Å². The molecule has 0 aliphatic rings. The van der Waals surface area contributed by atoms with E-state index in [-0.39, 0.29) is 17.5 Å². The summed E-state index contributed by atoms with van der Waals surface area (Å²) in [5.41, 5.74) is 1.96. The van der Waals surface area contributed by atoms with Crippen molar-refractivity contribution in [2.24, 2.45) is 0 Å². The fourth-order valence-electron chi connectivity index (χ4n) is 2.44. The summed E-state index contributed by atoms with van der Waals surface area (Å²) in [7, 11) is 0. The highest BCUT2D eigenvalue weighted by Crippen LogP contribution is 2.19. The zero-order valence-corrected chi connectivity index (χ0v) is 15.1. The molecule has 2 aromatic rings. The predicted octanol–water partition coefficient (Wildman–Crippen LogP) is 5.01. The van der Waals surface area contributed by atoms with Crippen molar-refractivity contribution in [3.05, 3.63) is 75.8 Å². The Morgan fingerprint density at radius 1 is 1.25 bits per heavy atom. The van der Waals surface area contributed by atoms with Crippen molar-refractivity contribution >= 4 is 27.9 Å². The van der Waals surface area contributed by atoms with E-state index in [4.69, 9.17) is 0 Å². The summed E-state index contributed by atoms with van der Waals surface area (Å²) in [4.78, 5) is 12.5. The van der Waals surface area contributed by atoms with E-state index in [1.165, 1.54) is 0 Å². The summed E-state index contributed by atoms with van der Waals surface area (Å²) >= 11 is 3.39. The number of carbonyl (C=O) groups is 1. The molecule has 1 N–H and O–H groups in total. The van der Waals surface area contributed by atoms with Crippen LogP contribution in [0.5, 0.6) is 0 Å². The Labute approximate surface area is 151 Å². The predicted molar refractivity (Wildman–Crippen MR) is 100.0 cm³/mol. The topological polar surface area (TPSA) is 52.9 Å². The number of hydrogen-bond donors (Lipinski definition) is 1. The van der Waals surface area contributed by atoms with Crippen LogP contribution in [-0.4, -0.2) is 5.91 Å². The van der Waals surface area contributed by atoms with Crippen molar-refractivity contribution in [3.63, 3.8) is 0 Å². The van der Waals surface area contributed by atoms with Crippen LogP contribution in [0.25, 0.3) is 6.08 Å². The minimum Gasteiger partial charge on any atom is -0.345 e. The SMILES string of the molecule is CCC[C@H](NC(=O)/C(C#N)=C/c1cccc(Br)c1)c1ccccc1. The molecule has 1 atom stereocenters. The van der Waals surface area contributed by atoms with Crippen LogP contribution >= 0.6 is 15.9 Å². The lowest BCUT2D eigenvalue weighted by Gasteiger charge is -2.18. The number of amides is 1. The van der Waals surface area contributed by atoms with Crippen molar-refractivity contribution < 1.29 is 4.79 Å². The Morgan fingerprint density at radius 3 is 2.62 bits per heavy atom. The van der Waals surface area contributed by atoms with Crippen LogP contribution in [0, 0.1) is 11.3 Å². The number of benzene rings is 2. The molecule has 0 saturated heterocycles. The van der Waals surface area contributed by atoms with Gasteiger partial charge in [0.1, 0.15) is 11.6 Å². The van der Waals surface area contributed by atoms with Crippen LogP contribution in [0.1, 0.15) is 36.9 Å². The largest absolute Gasteiger partial charge is 0.345 e. The van der Waals surface area contributed by atoms with E-state index < -0.39 is 0 Å². The van der Waals surface area contributed by atoms with Gasteiger partial charge in [0.25, 0.3) is 5.91 Å². The van der Waals surface area contributed by atoms with Gasteiger partial charge < -0.3 is 5.32 Å². The molecule has 0 unspecified atom stereocenters. The molecule has 1 amide bonds. The van der Waals surface area contributed by atoms with Gasteiger partial charge in [0.05, 0.1) is 6.04 Å². The molecular weight excluding hydrogens is 364 g/mol. The first-order valence-electron chi connectivity index (χ1n) is 7.87. The third-order valence-electron chi connectivity index (χ3n) is 3.61. The average molecular weight is 383 g/mol. The summed E-state index contributed by atoms with van der Waals surface area (Å²) in [6.07, 6.45) is 3.37. The molecule has 0 bridgehead atoms. The number of halogens is 1. The minimum atomic E-state index is -0.347. The maximum absolute atomic E-state index is 12.5. The molecule has 0 heterocycles. The first-order valence-corrected chi connectivity index (χ1v) is 8.66. The highest BCUT2D eigenvalue weighted by atomic mass is 79.9. The quantitative estimate of drug-likeness (QED) is 0.563. The third-order valence-corrected chi connectivity index (χ3v) is 4.10. The molecule has 2 aromatic carbocycles. The molecule has 0 fully saturated rings. The molecule has 0 aromatic heterocycles. The molecule has 4 heteroatoms. The van der Waals surface area contributed by atoms with Gasteiger partial charge in [-0.05, 0) is 35.8 Å². The number of nitriles is 1. The Morgan fingerprint density at radius 2 is 2.00 bits per heavy atom. The fraction of sp³-hybridized carbons (Fsp3) is 0.200. The average Bonchev–Trinajstić information content (AvgIpc) is 2.60. The Balaban J connectivity index is 2.20. The lowest BCUT2D eigenvalue weighted by Crippen LogP contribution is -2.29. The molecule has 24 heavy (non-hydrogen) atoms. The van der Waals surface area contributed by atoms with Gasteiger partial charge in [0.2, 0.25) is 0 Å². The van der Waals surface area contributed by atoms with E-state index in [1.807, 2.05) is 60.7 Å². The van der Waals surface area contributed by atoms with Gasteiger partial charge in [-0.25, -0.2) is 0 Å². The van der Waals surface area contributed by atoms with Gasteiger partial charge in [0.15, 0.2) is 0 Å². The van der Waals surface area contributed by atoms with Gasteiger partial charge in [-0.1, -0.05) is 71.7 Å². The van der Waals surface area contributed by atoms with Crippen LogP contribution in [0.2, 0.25) is 0 Å². The molecule has 0 aliphatic carbocycles. The first-order chi connectivity index (χ1) is 11.6. The van der Waals surface area contributed by atoms with Crippen LogP contribution in [0.15, 0.2) is 64.6 Å². The Bertz CT molecular complexity index is 763. The van der Waals surface area contributed by atoms with Crippen molar-refractivity contribution in [1.29, 1.82) is 5.26 Å². The highest BCUT2D eigenvalue weighted by molar-refractivity contribution is 9.10. The van der Waals surface area contributed by atoms with E-state index in [0.717, 1.165) is 28.4 Å². The Kier molecular flexibility index (Phi) is 6.77. The third kappa shape index (κ3) is 5.07. The summed E-state index contributed by atoms with van der Waals surface area (Å²) in [6.45, 7) is 2.07. The van der Waals surface area contributed by atoms with Gasteiger partial charge in [-0.2, -0.15) is 5.26 Å². The summed E-state index contributed by atoms with van der Waals surface area (Å²) in [5, 5.41) is 12.3. The van der Waals surface area contributed by atoms with E-state index in [1.54, 1.807) is 6.08 Å². The first kappa shape index (κ1) is 18.0. The minimum absolute atomic E-state index is 0.0945. The van der Waals surface area contributed by atoms with Gasteiger partial charge in [-0.3, -0.25) is 4.79 Å². The maximum Gasteiger partial charge on any atom is 0.262 e.